The van der Waals surface area contributed by atoms with Crippen LogP contribution in [0.1, 0.15) is 17.8 Å². The first-order chi connectivity index (χ1) is 6.59. The van der Waals surface area contributed by atoms with E-state index in [0.29, 0.717) is 13.0 Å². The van der Waals surface area contributed by atoms with Crippen molar-refractivity contribution in [3.63, 3.8) is 0 Å². The van der Waals surface area contributed by atoms with Crippen molar-refractivity contribution >= 4 is 23.2 Å². The van der Waals surface area contributed by atoms with E-state index in [4.69, 9.17) is 11.6 Å². The highest BCUT2D eigenvalue weighted by molar-refractivity contribution is 6.24. The summed E-state index contributed by atoms with van der Waals surface area (Å²) in [5.74, 6) is 0.0811. The molecule has 76 valence electrons. The Morgan fingerprint density at radius 3 is 2.71 bits per heavy atom. The molecule has 1 atom stereocenters. The van der Waals surface area contributed by atoms with E-state index in [1.807, 2.05) is 13.8 Å². The van der Waals surface area contributed by atoms with Gasteiger partial charge in [-0.25, -0.2) is 0 Å². The third kappa shape index (κ3) is 1.39. The molecule has 0 bridgehead atoms. The van der Waals surface area contributed by atoms with Gasteiger partial charge in [0.05, 0.1) is 22.5 Å². The van der Waals surface area contributed by atoms with Gasteiger partial charge in [0.25, 0.3) is 0 Å². The van der Waals surface area contributed by atoms with Crippen LogP contribution in [0, 0.1) is 13.8 Å². The number of rotatable bonds is 1. The first-order valence-corrected chi connectivity index (χ1v) is 4.99. The van der Waals surface area contributed by atoms with E-state index in [2.05, 4.69) is 10.2 Å². The van der Waals surface area contributed by atoms with Gasteiger partial charge in [0, 0.05) is 13.0 Å². The lowest BCUT2D eigenvalue weighted by atomic mass is 10.3. The van der Waals surface area contributed by atoms with Gasteiger partial charge < -0.3 is 4.90 Å². The highest BCUT2D eigenvalue weighted by Gasteiger charge is 2.31. The number of carbonyl (C=O) groups is 1. The number of hydrogen-bond acceptors (Lipinski definition) is 2. The Morgan fingerprint density at radius 1 is 1.57 bits per heavy atom. The molecule has 1 aliphatic heterocycles. The van der Waals surface area contributed by atoms with Gasteiger partial charge in [-0.15, -0.1) is 11.6 Å². The number of aromatic nitrogens is 2. The number of carbonyl (C=O) groups excluding carboxylic acids is 1. The lowest BCUT2D eigenvalue weighted by Gasteiger charge is -2.15. The average Bonchev–Trinajstić information content (AvgIpc) is 2.57. The Bertz CT molecular complexity index is 355. The average molecular weight is 214 g/mol. The van der Waals surface area contributed by atoms with Crippen molar-refractivity contribution in [2.45, 2.75) is 25.6 Å². The van der Waals surface area contributed by atoms with E-state index < -0.39 is 0 Å². The van der Waals surface area contributed by atoms with Gasteiger partial charge in [0.1, 0.15) is 0 Å². The van der Waals surface area contributed by atoms with Gasteiger partial charge in [0.15, 0.2) is 0 Å². The molecular formula is C9H12ClN3O. The second-order valence-electron chi connectivity index (χ2n) is 3.59. The molecule has 5 heteroatoms. The van der Waals surface area contributed by atoms with Crippen molar-refractivity contribution in [1.82, 2.24) is 10.2 Å². The first-order valence-electron chi connectivity index (χ1n) is 4.55. The Labute approximate surface area is 87.2 Å². The van der Waals surface area contributed by atoms with Gasteiger partial charge in [-0.1, -0.05) is 0 Å². The number of nitrogens with one attached hydrogen (secondary N) is 1. The van der Waals surface area contributed by atoms with Gasteiger partial charge >= 0.3 is 0 Å². The summed E-state index contributed by atoms with van der Waals surface area (Å²) in [6.45, 7) is 4.37. The minimum absolute atomic E-state index is 0.0730. The monoisotopic (exact) mass is 213 g/mol. The van der Waals surface area contributed by atoms with E-state index in [-0.39, 0.29) is 11.3 Å². The molecule has 1 aliphatic rings. The Hall–Kier alpha value is -1.03. The summed E-state index contributed by atoms with van der Waals surface area (Å²) in [7, 11) is 0. The molecule has 0 spiro atoms. The topological polar surface area (TPSA) is 49.0 Å². The number of alkyl halides is 1. The Kier molecular flexibility index (Phi) is 2.23. The van der Waals surface area contributed by atoms with Gasteiger partial charge in [-0.3, -0.25) is 9.89 Å². The molecule has 0 aliphatic carbocycles. The fraction of sp³-hybridized carbons (Fsp3) is 0.556. The van der Waals surface area contributed by atoms with E-state index >= 15 is 0 Å². The molecular weight excluding hydrogens is 202 g/mol. The largest absolute Gasteiger partial charge is 0.308 e. The van der Waals surface area contributed by atoms with Crippen LogP contribution in [0.3, 0.4) is 0 Å². The van der Waals surface area contributed by atoms with Crippen LogP contribution in [-0.4, -0.2) is 28.0 Å². The maximum absolute atomic E-state index is 11.6. The highest BCUT2D eigenvalue weighted by Crippen LogP contribution is 2.28. The molecule has 1 aromatic rings. The molecule has 2 heterocycles. The summed E-state index contributed by atoms with van der Waals surface area (Å²) in [4.78, 5) is 13.3. The summed E-state index contributed by atoms with van der Waals surface area (Å²) in [5, 5.41) is 6.85. The standard InChI is InChI=1S/C9H12ClN3O/c1-5-9(6(2)12-11-5)13-4-7(10)3-8(13)14/h7H,3-4H2,1-2H3,(H,11,12). The molecule has 0 radical (unpaired) electrons. The second-order valence-corrected chi connectivity index (χ2v) is 4.21. The predicted molar refractivity (Wildman–Crippen MR) is 54.7 cm³/mol. The zero-order valence-electron chi connectivity index (χ0n) is 8.17. The molecule has 0 aromatic carbocycles. The lowest BCUT2D eigenvalue weighted by Crippen LogP contribution is -2.25. The van der Waals surface area contributed by atoms with Crippen LogP contribution in [0.25, 0.3) is 0 Å². The molecule has 1 unspecified atom stereocenters. The smallest absolute Gasteiger partial charge is 0.228 e. The molecule has 1 aromatic heterocycles. The SMILES string of the molecule is Cc1n[nH]c(C)c1N1CC(Cl)CC1=O. The van der Waals surface area contributed by atoms with Crippen molar-refractivity contribution in [2.75, 3.05) is 11.4 Å². The highest BCUT2D eigenvalue weighted by atomic mass is 35.5. The normalized spacial score (nSPS) is 22.1. The number of amides is 1. The zero-order valence-corrected chi connectivity index (χ0v) is 8.93. The van der Waals surface area contributed by atoms with E-state index in [0.717, 1.165) is 17.1 Å². The Morgan fingerprint density at radius 2 is 2.29 bits per heavy atom. The second kappa shape index (κ2) is 3.28. The van der Waals surface area contributed by atoms with Crippen molar-refractivity contribution in [2.24, 2.45) is 0 Å². The summed E-state index contributed by atoms with van der Waals surface area (Å²) in [6.07, 6.45) is 0.422. The number of halogens is 1. The summed E-state index contributed by atoms with van der Waals surface area (Å²) >= 11 is 5.93. The maximum atomic E-state index is 11.6. The summed E-state index contributed by atoms with van der Waals surface area (Å²) in [6, 6.07) is 0. The van der Waals surface area contributed by atoms with Crippen molar-refractivity contribution in [3.8, 4) is 0 Å². The summed E-state index contributed by atoms with van der Waals surface area (Å²) in [5.41, 5.74) is 2.65. The van der Waals surface area contributed by atoms with Gasteiger partial charge in [-0.05, 0) is 13.8 Å². The van der Waals surface area contributed by atoms with Crippen LogP contribution < -0.4 is 4.90 Å². The number of aromatic amines is 1. The van der Waals surface area contributed by atoms with Crippen LogP contribution in [0.15, 0.2) is 0 Å². The first kappa shape index (κ1) is 9.52. The maximum Gasteiger partial charge on any atom is 0.228 e. The van der Waals surface area contributed by atoms with Crippen LogP contribution in [0.4, 0.5) is 5.69 Å². The molecule has 4 nitrogen and oxygen atoms in total. The van der Waals surface area contributed by atoms with Crippen LogP contribution in [0.2, 0.25) is 0 Å². The van der Waals surface area contributed by atoms with Crippen molar-refractivity contribution < 1.29 is 4.79 Å². The molecule has 1 saturated heterocycles. The minimum Gasteiger partial charge on any atom is -0.308 e. The Balaban J connectivity index is 2.36. The quantitative estimate of drug-likeness (QED) is 0.717. The van der Waals surface area contributed by atoms with E-state index in [9.17, 15) is 4.79 Å². The lowest BCUT2D eigenvalue weighted by molar-refractivity contribution is -0.117. The van der Waals surface area contributed by atoms with Crippen molar-refractivity contribution in [1.29, 1.82) is 0 Å². The third-order valence-electron chi connectivity index (χ3n) is 2.44. The molecule has 0 saturated carbocycles. The van der Waals surface area contributed by atoms with Crippen LogP contribution in [-0.2, 0) is 4.79 Å². The minimum atomic E-state index is -0.0730. The number of hydrogen-bond donors (Lipinski definition) is 1. The zero-order chi connectivity index (χ0) is 10.3. The van der Waals surface area contributed by atoms with Gasteiger partial charge in [-0.2, -0.15) is 5.10 Å². The molecule has 1 fully saturated rings. The molecule has 1 amide bonds. The van der Waals surface area contributed by atoms with E-state index in [1.54, 1.807) is 4.90 Å². The number of anilines is 1. The van der Waals surface area contributed by atoms with E-state index in [1.165, 1.54) is 0 Å². The molecule has 14 heavy (non-hydrogen) atoms. The number of nitrogens with zero attached hydrogens (tertiary/aromatic N) is 2. The summed E-state index contributed by atoms with van der Waals surface area (Å²) < 4.78 is 0. The van der Waals surface area contributed by atoms with Crippen molar-refractivity contribution in [3.05, 3.63) is 11.4 Å². The van der Waals surface area contributed by atoms with Crippen LogP contribution >= 0.6 is 11.6 Å². The fourth-order valence-electron chi connectivity index (χ4n) is 1.82. The fourth-order valence-corrected chi connectivity index (χ4v) is 2.09. The number of aryl methyl sites for hydroxylation is 2. The molecule has 1 N–H and O–H groups in total. The predicted octanol–water partition coefficient (Wildman–Crippen LogP) is 1.37. The molecule has 2 rings (SSSR count). The van der Waals surface area contributed by atoms with Crippen LogP contribution in [0.5, 0.6) is 0 Å². The third-order valence-corrected chi connectivity index (χ3v) is 2.73. The van der Waals surface area contributed by atoms with Gasteiger partial charge in [0.2, 0.25) is 5.91 Å². The number of H-pyrrole nitrogens is 1.